The highest BCUT2D eigenvalue weighted by Gasteiger charge is 2.62. The molecule has 4 rings (SSSR count). The third-order valence-electron chi connectivity index (χ3n) is 8.24. The first kappa shape index (κ1) is 14.8. The number of aliphatic hydroxyl groups excluding tert-OH is 1. The van der Waals surface area contributed by atoms with Gasteiger partial charge in [-0.25, -0.2) is 0 Å². The molecular weight excluding hydrogens is 270 g/mol. The van der Waals surface area contributed by atoms with E-state index in [4.69, 9.17) is 0 Å². The maximum atomic E-state index is 11.1. The zero-order valence-electron chi connectivity index (χ0n) is 14.0. The van der Waals surface area contributed by atoms with Gasteiger partial charge in [0.1, 0.15) is 0 Å². The summed E-state index contributed by atoms with van der Waals surface area (Å²) in [5.41, 5.74) is 0.339. The molecule has 8 unspecified atom stereocenters. The third kappa shape index (κ3) is 1.75. The predicted molar refractivity (Wildman–Crippen MR) is 86.7 cm³/mol. The molecule has 0 aliphatic heterocycles. The van der Waals surface area contributed by atoms with Gasteiger partial charge >= 0.3 is 0 Å². The number of allylic oxidation sites excluding steroid dienone is 2. The first-order valence-electron chi connectivity index (χ1n) is 9.25. The molecule has 0 radical (unpaired) electrons. The molecule has 0 saturated heterocycles. The maximum absolute atomic E-state index is 11.1. The average molecular weight is 299 g/mol. The van der Waals surface area contributed by atoms with Crippen molar-refractivity contribution < 1.29 is 5.11 Å². The summed E-state index contributed by atoms with van der Waals surface area (Å²) in [5, 5.41) is 20.7. The van der Waals surface area contributed by atoms with Gasteiger partial charge in [-0.15, -0.1) is 0 Å². The molecule has 0 aromatic rings. The van der Waals surface area contributed by atoms with Crippen LogP contribution in [0, 0.1) is 51.8 Å². The topological polar surface area (TPSA) is 44.0 Å². The largest absolute Gasteiger partial charge is 0.393 e. The molecule has 3 fully saturated rings. The third-order valence-corrected chi connectivity index (χ3v) is 8.24. The Balaban J connectivity index is 1.72. The van der Waals surface area contributed by atoms with Crippen molar-refractivity contribution in [2.45, 2.75) is 64.9 Å². The molecule has 1 N–H and O–H groups in total. The monoisotopic (exact) mass is 299 g/mol. The number of nitriles is 1. The minimum absolute atomic E-state index is 0.0586. The summed E-state index contributed by atoms with van der Waals surface area (Å²) in [6.45, 7) is 4.74. The summed E-state index contributed by atoms with van der Waals surface area (Å²) in [4.78, 5) is 0. The summed E-state index contributed by atoms with van der Waals surface area (Å²) in [6, 6.07) is 2.56. The van der Waals surface area contributed by atoms with Crippen molar-refractivity contribution in [2.24, 2.45) is 40.4 Å². The highest BCUT2D eigenvalue weighted by Crippen LogP contribution is 2.66. The van der Waals surface area contributed by atoms with E-state index < -0.39 is 0 Å². The van der Waals surface area contributed by atoms with Crippen LogP contribution in [-0.2, 0) is 0 Å². The fourth-order valence-electron chi connectivity index (χ4n) is 7.17. The van der Waals surface area contributed by atoms with Crippen LogP contribution in [0.1, 0.15) is 58.8 Å². The van der Waals surface area contributed by atoms with Gasteiger partial charge in [0.15, 0.2) is 0 Å². The lowest BCUT2D eigenvalue weighted by Gasteiger charge is -2.60. The smallest absolute Gasteiger partial charge is 0.0661 e. The van der Waals surface area contributed by atoms with Crippen LogP contribution in [0.4, 0.5) is 0 Å². The molecule has 4 aliphatic carbocycles. The Morgan fingerprint density at radius 3 is 2.73 bits per heavy atom. The van der Waals surface area contributed by atoms with Crippen LogP contribution in [0.5, 0.6) is 0 Å². The van der Waals surface area contributed by atoms with E-state index in [1.54, 1.807) is 0 Å². The van der Waals surface area contributed by atoms with Gasteiger partial charge in [-0.3, -0.25) is 0 Å². The van der Waals surface area contributed by atoms with Gasteiger partial charge in [-0.05, 0) is 79.4 Å². The highest BCUT2D eigenvalue weighted by molar-refractivity contribution is 5.17. The molecule has 8 atom stereocenters. The second-order valence-electron chi connectivity index (χ2n) is 8.99. The molecule has 0 aromatic carbocycles. The number of hydrogen-bond donors (Lipinski definition) is 1. The van der Waals surface area contributed by atoms with E-state index in [2.05, 4.69) is 32.1 Å². The molecule has 3 saturated carbocycles. The Morgan fingerprint density at radius 2 is 1.95 bits per heavy atom. The first-order chi connectivity index (χ1) is 10.5. The predicted octanol–water partition coefficient (Wildman–Crippen LogP) is 4.31. The normalized spacial score (nSPS) is 56.6. The van der Waals surface area contributed by atoms with Gasteiger partial charge in [0, 0.05) is 0 Å². The SMILES string of the molecule is CC12CC(O)C3C(CCC4C=CCCC43C)C1CCC2C#N. The van der Waals surface area contributed by atoms with Crippen molar-refractivity contribution in [2.75, 3.05) is 0 Å². The molecule has 120 valence electrons. The highest BCUT2D eigenvalue weighted by atomic mass is 16.3. The number of aliphatic hydroxyl groups is 1. The minimum Gasteiger partial charge on any atom is -0.393 e. The van der Waals surface area contributed by atoms with Crippen molar-refractivity contribution in [3.05, 3.63) is 12.2 Å². The van der Waals surface area contributed by atoms with Gasteiger partial charge in [0.2, 0.25) is 0 Å². The Morgan fingerprint density at radius 1 is 1.14 bits per heavy atom. The molecule has 0 aromatic heterocycles. The molecule has 22 heavy (non-hydrogen) atoms. The van der Waals surface area contributed by atoms with Crippen molar-refractivity contribution in [3.63, 3.8) is 0 Å². The zero-order valence-corrected chi connectivity index (χ0v) is 14.0. The summed E-state index contributed by atoms with van der Waals surface area (Å²) < 4.78 is 0. The summed E-state index contributed by atoms with van der Waals surface area (Å²) in [7, 11) is 0. The molecule has 0 bridgehead atoms. The lowest BCUT2D eigenvalue weighted by Crippen LogP contribution is -2.57. The molecule has 0 spiro atoms. The average Bonchev–Trinajstić information content (AvgIpc) is 2.82. The minimum atomic E-state index is -0.209. The molecule has 2 heteroatoms. The van der Waals surface area contributed by atoms with Crippen molar-refractivity contribution in [3.8, 4) is 6.07 Å². The standard InChI is InChI=1S/C20H29NO/c1-19-10-4-3-5-13(19)6-8-15-16-9-7-14(12-21)20(16,2)11-17(22)18(15)19/h3,5,13-18,22H,4,6-11H2,1-2H3. The van der Waals surface area contributed by atoms with Crippen LogP contribution in [0.15, 0.2) is 12.2 Å². The first-order valence-corrected chi connectivity index (χ1v) is 9.25. The van der Waals surface area contributed by atoms with E-state index in [9.17, 15) is 10.4 Å². The fraction of sp³-hybridized carbons (Fsp3) is 0.850. The molecule has 4 aliphatic rings. The zero-order chi connectivity index (χ0) is 15.5. The number of nitrogens with zero attached hydrogens (tertiary/aromatic N) is 1. The number of rotatable bonds is 0. The van der Waals surface area contributed by atoms with Crippen LogP contribution in [0.3, 0.4) is 0 Å². The van der Waals surface area contributed by atoms with Gasteiger partial charge in [-0.2, -0.15) is 5.26 Å². The van der Waals surface area contributed by atoms with E-state index in [0.717, 1.165) is 12.8 Å². The molecule has 0 amide bonds. The lowest BCUT2D eigenvalue weighted by molar-refractivity contribution is -0.152. The van der Waals surface area contributed by atoms with Crippen molar-refractivity contribution in [1.82, 2.24) is 0 Å². The van der Waals surface area contributed by atoms with E-state index >= 15 is 0 Å². The summed E-state index contributed by atoms with van der Waals surface area (Å²) >= 11 is 0. The van der Waals surface area contributed by atoms with Crippen molar-refractivity contribution >= 4 is 0 Å². The number of fused-ring (bicyclic) bond motifs is 5. The van der Waals surface area contributed by atoms with E-state index in [0.29, 0.717) is 23.7 Å². The summed E-state index contributed by atoms with van der Waals surface area (Å²) in [5.74, 6) is 2.57. The van der Waals surface area contributed by atoms with Crippen LogP contribution in [-0.4, -0.2) is 11.2 Å². The van der Waals surface area contributed by atoms with E-state index in [1.807, 2.05) is 0 Å². The van der Waals surface area contributed by atoms with Crippen LogP contribution in [0.25, 0.3) is 0 Å². The van der Waals surface area contributed by atoms with Gasteiger partial charge in [-0.1, -0.05) is 26.0 Å². The quantitative estimate of drug-likeness (QED) is 0.677. The maximum Gasteiger partial charge on any atom is 0.0661 e. The Hall–Kier alpha value is -0.810. The number of hydrogen-bond acceptors (Lipinski definition) is 2. The Labute approximate surface area is 134 Å². The lowest BCUT2D eigenvalue weighted by atomic mass is 9.45. The molecular formula is C20H29NO. The van der Waals surface area contributed by atoms with E-state index in [1.165, 1.54) is 32.1 Å². The van der Waals surface area contributed by atoms with Crippen molar-refractivity contribution in [1.29, 1.82) is 5.26 Å². The second kappa shape index (κ2) is 4.84. The Kier molecular flexibility index (Phi) is 3.25. The second-order valence-corrected chi connectivity index (χ2v) is 8.99. The van der Waals surface area contributed by atoms with Gasteiger partial charge in [0.25, 0.3) is 0 Å². The fourth-order valence-corrected chi connectivity index (χ4v) is 7.17. The van der Waals surface area contributed by atoms with Gasteiger partial charge < -0.3 is 5.11 Å². The van der Waals surface area contributed by atoms with Crippen LogP contribution >= 0.6 is 0 Å². The summed E-state index contributed by atoms with van der Waals surface area (Å²) in [6.07, 6.45) is 12.6. The van der Waals surface area contributed by atoms with Crippen LogP contribution in [0.2, 0.25) is 0 Å². The van der Waals surface area contributed by atoms with Gasteiger partial charge in [0.05, 0.1) is 18.1 Å². The molecule has 0 heterocycles. The van der Waals surface area contributed by atoms with E-state index in [-0.39, 0.29) is 22.9 Å². The Bertz CT molecular complexity index is 534. The molecule has 2 nitrogen and oxygen atoms in total. The van der Waals surface area contributed by atoms with Crippen LogP contribution < -0.4 is 0 Å².